The Morgan fingerprint density at radius 1 is 1.38 bits per heavy atom. The van der Waals surface area contributed by atoms with Gasteiger partial charge in [0, 0.05) is 31.2 Å². The number of nitro groups is 1. The Balaban J connectivity index is 2.13. The molecule has 2 amide bonds. The highest BCUT2D eigenvalue weighted by molar-refractivity contribution is 5.91. The van der Waals surface area contributed by atoms with E-state index < -0.39 is 4.92 Å². The van der Waals surface area contributed by atoms with Gasteiger partial charge in [0.2, 0.25) is 0 Å². The smallest absolute Gasteiger partial charge is 0.321 e. The molecule has 21 heavy (non-hydrogen) atoms. The van der Waals surface area contributed by atoms with Gasteiger partial charge in [-0.1, -0.05) is 6.07 Å². The van der Waals surface area contributed by atoms with E-state index in [1.807, 2.05) is 13.8 Å². The second-order valence-electron chi connectivity index (χ2n) is 5.51. The quantitative estimate of drug-likeness (QED) is 0.645. The zero-order valence-corrected chi connectivity index (χ0v) is 12.4. The van der Waals surface area contributed by atoms with Crippen molar-refractivity contribution < 1.29 is 9.72 Å². The third-order valence-corrected chi connectivity index (χ3v) is 3.59. The van der Waals surface area contributed by atoms with Crippen molar-refractivity contribution >= 4 is 17.4 Å². The fourth-order valence-electron chi connectivity index (χ4n) is 2.64. The van der Waals surface area contributed by atoms with Crippen molar-refractivity contribution in [2.75, 3.05) is 18.4 Å². The van der Waals surface area contributed by atoms with Crippen LogP contribution in [0.5, 0.6) is 0 Å². The summed E-state index contributed by atoms with van der Waals surface area (Å²) in [4.78, 5) is 24.5. The van der Waals surface area contributed by atoms with Crippen LogP contribution in [-0.2, 0) is 0 Å². The molecule has 0 saturated carbocycles. The molecule has 7 heteroatoms. The van der Waals surface area contributed by atoms with Crippen LogP contribution in [0.1, 0.15) is 19.4 Å². The number of benzene rings is 1. The second kappa shape index (κ2) is 6.09. The molecule has 1 fully saturated rings. The monoisotopic (exact) mass is 292 g/mol. The molecule has 2 atom stereocenters. The van der Waals surface area contributed by atoms with Gasteiger partial charge in [-0.2, -0.15) is 0 Å². The minimum atomic E-state index is -0.444. The highest BCUT2D eigenvalue weighted by Gasteiger charge is 2.25. The number of hydrogen-bond donors (Lipinski definition) is 2. The number of piperazine rings is 1. The van der Waals surface area contributed by atoms with E-state index in [9.17, 15) is 14.9 Å². The van der Waals surface area contributed by atoms with Gasteiger partial charge in [-0.05, 0) is 26.8 Å². The molecule has 1 aliphatic heterocycles. The maximum atomic E-state index is 12.3. The molecule has 1 aromatic rings. The SMILES string of the molecule is Cc1c(NC(=O)N2C[C@@H](C)N[C@@H](C)C2)cccc1[N+](=O)[O-]. The van der Waals surface area contributed by atoms with Crippen LogP contribution in [0.4, 0.5) is 16.2 Å². The standard InChI is InChI=1S/C14H20N4O3/c1-9-7-17(8-10(2)15-9)14(19)16-12-5-4-6-13(11(12)3)18(20)21/h4-6,9-10,15H,7-8H2,1-3H3,(H,16,19)/t9-,10+. The van der Waals surface area contributed by atoms with Crippen molar-refractivity contribution in [3.05, 3.63) is 33.9 Å². The van der Waals surface area contributed by atoms with Gasteiger partial charge in [-0.3, -0.25) is 10.1 Å². The Morgan fingerprint density at radius 2 is 2.00 bits per heavy atom. The number of carbonyl (C=O) groups is 1. The molecular formula is C14H20N4O3. The molecule has 1 saturated heterocycles. The Bertz CT molecular complexity index is 551. The van der Waals surface area contributed by atoms with Crippen LogP contribution in [0.25, 0.3) is 0 Å². The van der Waals surface area contributed by atoms with E-state index in [1.54, 1.807) is 24.0 Å². The third kappa shape index (κ3) is 3.49. The Morgan fingerprint density at radius 3 is 2.57 bits per heavy atom. The largest absolute Gasteiger partial charge is 0.321 e. The van der Waals surface area contributed by atoms with E-state index in [-0.39, 0.29) is 23.8 Å². The predicted molar refractivity (Wildman–Crippen MR) is 80.5 cm³/mol. The molecular weight excluding hydrogens is 272 g/mol. The van der Waals surface area contributed by atoms with Gasteiger partial charge in [-0.15, -0.1) is 0 Å². The zero-order valence-electron chi connectivity index (χ0n) is 12.4. The fraction of sp³-hybridized carbons (Fsp3) is 0.500. The molecule has 0 bridgehead atoms. The first-order valence-corrected chi connectivity index (χ1v) is 6.94. The molecule has 1 aliphatic rings. The summed E-state index contributed by atoms with van der Waals surface area (Å²) in [6, 6.07) is 4.91. The first-order chi connectivity index (χ1) is 9.88. The lowest BCUT2D eigenvalue weighted by molar-refractivity contribution is -0.385. The van der Waals surface area contributed by atoms with Crippen molar-refractivity contribution in [1.29, 1.82) is 0 Å². The van der Waals surface area contributed by atoms with E-state index in [1.165, 1.54) is 6.07 Å². The van der Waals surface area contributed by atoms with E-state index in [4.69, 9.17) is 0 Å². The summed E-state index contributed by atoms with van der Waals surface area (Å²) < 4.78 is 0. The molecule has 0 spiro atoms. The summed E-state index contributed by atoms with van der Waals surface area (Å²) in [6.45, 7) is 6.91. The van der Waals surface area contributed by atoms with Crippen LogP contribution < -0.4 is 10.6 Å². The first-order valence-electron chi connectivity index (χ1n) is 6.94. The number of nitrogens with one attached hydrogen (secondary N) is 2. The number of urea groups is 1. The summed E-state index contributed by atoms with van der Waals surface area (Å²) in [6.07, 6.45) is 0. The third-order valence-electron chi connectivity index (χ3n) is 3.59. The van der Waals surface area contributed by atoms with Crippen LogP contribution in [0, 0.1) is 17.0 Å². The van der Waals surface area contributed by atoms with Crippen LogP contribution in [0.15, 0.2) is 18.2 Å². The zero-order chi connectivity index (χ0) is 15.6. The lowest BCUT2D eigenvalue weighted by Crippen LogP contribution is -2.56. The molecule has 7 nitrogen and oxygen atoms in total. The number of nitro benzene ring substituents is 1. The van der Waals surface area contributed by atoms with Crippen LogP contribution in [0.3, 0.4) is 0 Å². The van der Waals surface area contributed by atoms with Gasteiger partial charge in [0.25, 0.3) is 5.69 Å². The molecule has 0 radical (unpaired) electrons. The van der Waals surface area contributed by atoms with E-state index in [0.717, 1.165) is 0 Å². The molecule has 0 aromatic heterocycles. The van der Waals surface area contributed by atoms with Crippen molar-refractivity contribution in [2.24, 2.45) is 0 Å². The molecule has 0 unspecified atom stereocenters. The second-order valence-corrected chi connectivity index (χ2v) is 5.51. The lowest BCUT2D eigenvalue weighted by atomic mass is 10.1. The van der Waals surface area contributed by atoms with E-state index in [0.29, 0.717) is 24.3 Å². The number of carbonyl (C=O) groups excluding carboxylic acids is 1. The summed E-state index contributed by atoms with van der Waals surface area (Å²) >= 11 is 0. The first kappa shape index (κ1) is 15.2. The molecule has 1 heterocycles. The molecule has 1 aromatic carbocycles. The lowest BCUT2D eigenvalue weighted by Gasteiger charge is -2.36. The Hall–Kier alpha value is -2.15. The average Bonchev–Trinajstić information content (AvgIpc) is 2.39. The highest BCUT2D eigenvalue weighted by Crippen LogP contribution is 2.25. The maximum Gasteiger partial charge on any atom is 0.321 e. The Kier molecular flexibility index (Phi) is 4.42. The molecule has 114 valence electrons. The van der Waals surface area contributed by atoms with Gasteiger partial charge >= 0.3 is 6.03 Å². The molecule has 2 rings (SSSR count). The number of anilines is 1. The molecule has 0 aliphatic carbocycles. The van der Waals surface area contributed by atoms with Gasteiger partial charge in [0.05, 0.1) is 16.2 Å². The summed E-state index contributed by atoms with van der Waals surface area (Å²) in [5.41, 5.74) is 0.954. The number of rotatable bonds is 2. The summed E-state index contributed by atoms with van der Waals surface area (Å²) in [7, 11) is 0. The molecule has 2 N–H and O–H groups in total. The van der Waals surface area contributed by atoms with Gasteiger partial charge in [0.15, 0.2) is 0 Å². The number of amides is 2. The van der Waals surface area contributed by atoms with Crippen molar-refractivity contribution in [3.8, 4) is 0 Å². The van der Waals surface area contributed by atoms with E-state index >= 15 is 0 Å². The predicted octanol–water partition coefficient (Wildman–Crippen LogP) is 2.12. The van der Waals surface area contributed by atoms with E-state index in [2.05, 4.69) is 10.6 Å². The highest BCUT2D eigenvalue weighted by atomic mass is 16.6. The van der Waals surface area contributed by atoms with Crippen molar-refractivity contribution in [2.45, 2.75) is 32.9 Å². The van der Waals surface area contributed by atoms with Gasteiger partial charge in [-0.25, -0.2) is 4.79 Å². The van der Waals surface area contributed by atoms with Gasteiger partial charge < -0.3 is 15.5 Å². The topological polar surface area (TPSA) is 87.5 Å². The van der Waals surface area contributed by atoms with Crippen molar-refractivity contribution in [1.82, 2.24) is 10.2 Å². The average molecular weight is 292 g/mol. The fourth-order valence-corrected chi connectivity index (χ4v) is 2.64. The van der Waals surface area contributed by atoms with Crippen molar-refractivity contribution in [3.63, 3.8) is 0 Å². The van der Waals surface area contributed by atoms with Crippen LogP contribution in [0.2, 0.25) is 0 Å². The minimum absolute atomic E-state index is 0.00912. The van der Waals surface area contributed by atoms with Gasteiger partial charge in [0.1, 0.15) is 0 Å². The minimum Gasteiger partial charge on any atom is -0.321 e. The normalized spacial score (nSPS) is 22.0. The van der Waals surface area contributed by atoms with Crippen LogP contribution >= 0.6 is 0 Å². The Labute approximate surface area is 123 Å². The van der Waals surface area contributed by atoms with Crippen LogP contribution in [-0.4, -0.2) is 41.0 Å². The summed E-state index contributed by atoms with van der Waals surface area (Å²) in [5, 5.41) is 17.0. The summed E-state index contributed by atoms with van der Waals surface area (Å²) in [5.74, 6) is 0. The maximum absolute atomic E-state index is 12.3. The number of hydrogen-bond acceptors (Lipinski definition) is 4. The number of nitrogens with zero attached hydrogens (tertiary/aromatic N) is 2.